The van der Waals surface area contributed by atoms with Gasteiger partial charge in [0.25, 0.3) is 0 Å². The van der Waals surface area contributed by atoms with Crippen molar-refractivity contribution in [3.05, 3.63) is 11.6 Å². The number of urea groups is 1. The lowest BCUT2D eigenvalue weighted by atomic mass is 10.3. The minimum Gasteiger partial charge on any atom is -0.480 e. The first-order valence-corrected chi connectivity index (χ1v) is 4.82. The number of halogens is 1. The van der Waals surface area contributed by atoms with Crippen LogP contribution in [0.4, 0.5) is 4.79 Å². The van der Waals surface area contributed by atoms with E-state index in [1.807, 2.05) is 0 Å². The number of carbonyl (C=O) groups excluding carboxylic acids is 1. The molecule has 0 heterocycles. The Morgan fingerprint density at radius 1 is 1.53 bits per heavy atom. The molecule has 0 aromatic heterocycles. The van der Waals surface area contributed by atoms with Crippen LogP contribution in [0.5, 0.6) is 0 Å². The number of rotatable bonds is 5. The summed E-state index contributed by atoms with van der Waals surface area (Å²) in [5.74, 6) is -1.05. The summed E-state index contributed by atoms with van der Waals surface area (Å²) in [7, 11) is 0. The summed E-state index contributed by atoms with van der Waals surface area (Å²) >= 11 is 5.47. The van der Waals surface area contributed by atoms with Gasteiger partial charge in [-0.3, -0.25) is 4.79 Å². The smallest absolute Gasteiger partial charge is 0.323 e. The molecule has 0 aromatic rings. The number of carboxylic acid groups (broad SMARTS) is 1. The third-order valence-electron chi connectivity index (χ3n) is 1.62. The van der Waals surface area contributed by atoms with Gasteiger partial charge >= 0.3 is 12.0 Å². The van der Waals surface area contributed by atoms with Crippen molar-refractivity contribution in [3.63, 3.8) is 0 Å². The van der Waals surface area contributed by atoms with Crippen molar-refractivity contribution >= 4 is 23.6 Å². The van der Waals surface area contributed by atoms with Gasteiger partial charge in [0, 0.05) is 11.1 Å². The third kappa shape index (κ3) is 5.96. The van der Waals surface area contributed by atoms with Crippen molar-refractivity contribution in [2.45, 2.75) is 19.9 Å². The van der Waals surface area contributed by atoms with Crippen LogP contribution in [0.25, 0.3) is 0 Å². The van der Waals surface area contributed by atoms with E-state index in [0.29, 0.717) is 5.03 Å². The fourth-order valence-electron chi connectivity index (χ4n) is 0.908. The van der Waals surface area contributed by atoms with Crippen molar-refractivity contribution in [1.82, 2.24) is 10.2 Å². The lowest BCUT2D eigenvalue weighted by molar-refractivity contribution is -0.138. The molecule has 0 rings (SSSR count). The van der Waals surface area contributed by atoms with Gasteiger partial charge in [-0.2, -0.15) is 0 Å². The summed E-state index contributed by atoms with van der Waals surface area (Å²) in [6, 6.07) is -0.654. The Kier molecular flexibility index (Phi) is 5.77. The summed E-state index contributed by atoms with van der Waals surface area (Å²) in [6.45, 7) is 6.67. The first kappa shape index (κ1) is 13.8. The molecule has 15 heavy (non-hydrogen) atoms. The molecular weight excluding hydrogens is 220 g/mol. The fourth-order valence-corrected chi connectivity index (χ4v) is 0.974. The molecule has 5 nitrogen and oxygen atoms in total. The molecule has 0 aromatic carbocycles. The average molecular weight is 235 g/mol. The van der Waals surface area contributed by atoms with Crippen LogP contribution >= 0.6 is 11.6 Å². The standard InChI is InChI=1S/C9H15ClN2O3/c1-6(2)12(5-8(13)14)9(15)11-4-7(3)10/h6H,3-5H2,1-2H3,(H,11,15)(H,13,14). The maximum Gasteiger partial charge on any atom is 0.323 e. The molecule has 0 saturated carbocycles. The van der Waals surface area contributed by atoms with Crippen LogP contribution in [-0.4, -0.2) is 41.1 Å². The summed E-state index contributed by atoms with van der Waals surface area (Å²) in [5.41, 5.74) is 0. The second-order valence-corrected chi connectivity index (χ2v) is 3.83. The van der Waals surface area contributed by atoms with Gasteiger partial charge in [-0.05, 0) is 13.8 Å². The van der Waals surface area contributed by atoms with Crippen LogP contribution in [0.1, 0.15) is 13.8 Å². The highest BCUT2D eigenvalue weighted by atomic mass is 35.5. The molecule has 0 spiro atoms. The molecule has 0 fully saturated rings. The molecule has 0 aliphatic rings. The van der Waals surface area contributed by atoms with Gasteiger partial charge in [-0.15, -0.1) is 0 Å². The van der Waals surface area contributed by atoms with Gasteiger partial charge in [0.2, 0.25) is 0 Å². The molecule has 0 atom stereocenters. The number of hydrogen-bond acceptors (Lipinski definition) is 2. The van der Waals surface area contributed by atoms with E-state index < -0.39 is 12.0 Å². The lowest BCUT2D eigenvalue weighted by Crippen LogP contribution is -2.46. The minimum absolute atomic E-state index is 0.128. The first-order chi connectivity index (χ1) is 6.84. The van der Waals surface area contributed by atoms with Gasteiger partial charge in [-0.25, -0.2) is 4.79 Å². The first-order valence-electron chi connectivity index (χ1n) is 4.44. The van der Waals surface area contributed by atoms with Gasteiger partial charge in [0.15, 0.2) is 0 Å². The molecule has 0 aliphatic heterocycles. The molecule has 6 heteroatoms. The number of aliphatic carboxylic acids is 1. The molecular formula is C9H15ClN2O3. The van der Waals surface area contributed by atoms with E-state index in [1.54, 1.807) is 13.8 Å². The monoisotopic (exact) mass is 234 g/mol. The molecule has 0 radical (unpaired) electrons. The Labute approximate surface area is 93.7 Å². The SMILES string of the molecule is C=C(Cl)CNC(=O)N(CC(=O)O)C(C)C. The van der Waals surface area contributed by atoms with E-state index in [-0.39, 0.29) is 19.1 Å². The van der Waals surface area contributed by atoms with Gasteiger partial charge < -0.3 is 15.3 Å². The molecule has 0 aliphatic carbocycles. The molecule has 0 bridgehead atoms. The fraction of sp³-hybridized carbons (Fsp3) is 0.556. The van der Waals surface area contributed by atoms with Crippen molar-refractivity contribution in [3.8, 4) is 0 Å². The molecule has 86 valence electrons. The van der Waals surface area contributed by atoms with Crippen molar-refractivity contribution in [2.24, 2.45) is 0 Å². The van der Waals surface area contributed by atoms with E-state index in [9.17, 15) is 9.59 Å². The second kappa shape index (κ2) is 6.29. The maximum atomic E-state index is 11.5. The zero-order valence-electron chi connectivity index (χ0n) is 8.79. The quantitative estimate of drug-likeness (QED) is 0.752. The van der Waals surface area contributed by atoms with Gasteiger partial charge in [-0.1, -0.05) is 18.2 Å². The zero-order chi connectivity index (χ0) is 12.0. The van der Waals surface area contributed by atoms with Crippen LogP contribution in [0, 0.1) is 0 Å². The number of carboxylic acids is 1. The number of hydrogen-bond donors (Lipinski definition) is 2. The van der Waals surface area contributed by atoms with Crippen LogP contribution in [-0.2, 0) is 4.79 Å². The predicted octanol–water partition coefficient (Wildman–Crippen LogP) is 1.24. The average Bonchev–Trinajstić information content (AvgIpc) is 2.09. The highest BCUT2D eigenvalue weighted by Gasteiger charge is 2.19. The summed E-state index contributed by atoms with van der Waals surface area (Å²) in [5, 5.41) is 11.3. The van der Waals surface area contributed by atoms with E-state index in [0.717, 1.165) is 0 Å². The van der Waals surface area contributed by atoms with Crippen LogP contribution in [0.15, 0.2) is 11.6 Å². The van der Waals surface area contributed by atoms with E-state index in [4.69, 9.17) is 16.7 Å². The molecule has 0 unspecified atom stereocenters. The highest BCUT2D eigenvalue weighted by molar-refractivity contribution is 6.29. The molecule has 2 amide bonds. The van der Waals surface area contributed by atoms with Crippen molar-refractivity contribution in [1.29, 1.82) is 0 Å². The second-order valence-electron chi connectivity index (χ2n) is 3.29. The summed E-state index contributed by atoms with van der Waals surface area (Å²) in [6.07, 6.45) is 0. The van der Waals surface area contributed by atoms with Crippen molar-refractivity contribution < 1.29 is 14.7 Å². The third-order valence-corrected chi connectivity index (χ3v) is 1.75. The van der Waals surface area contributed by atoms with E-state index in [1.165, 1.54) is 4.90 Å². The highest BCUT2D eigenvalue weighted by Crippen LogP contribution is 2.00. The van der Waals surface area contributed by atoms with Crippen LogP contribution < -0.4 is 5.32 Å². The van der Waals surface area contributed by atoms with Crippen molar-refractivity contribution in [2.75, 3.05) is 13.1 Å². The van der Waals surface area contributed by atoms with Crippen LogP contribution in [0.2, 0.25) is 0 Å². The Balaban J connectivity index is 4.29. The summed E-state index contributed by atoms with van der Waals surface area (Å²) in [4.78, 5) is 23.2. The topological polar surface area (TPSA) is 69.6 Å². The lowest BCUT2D eigenvalue weighted by Gasteiger charge is -2.24. The molecule has 2 N–H and O–H groups in total. The Hall–Kier alpha value is -1.23. The largest absolute Gasteiger partial charge is 0.480 e. The Morgan fingerprint density at radius 3 is 2.40 bits per heavy atom. The van der Waals surface area contributed by atoms with E-state index in [2.05, 4.69) is 11.9 Å². The van der Waals surface area contributed by atoms with Gasteiger partial charge in [0.05, 0.1) is 6.54 Å². The number of amides is 2. The Bertz CT molecular complexity index is 266. The molecule has 0 saturated heterocycles. The maximum absolute atomic E-state index is 11.5. The minimum atomic E-state index is -1.05. The van der Waals surface area contributed by atoms with Crippen LogP contribution in [0.3, 0.4) is 0 Å². The Morgan fingerprint density at radius 2 is 2.07 bits per heavy atom. The normalized spacial score (nSPS) is 9.87. The number of carbonyl (C=O) groups is 2. The number of nitrogens with one attached hydrogen (secondary N) is 1. The van der Waals surface area contributed by atoms with E-state index >= 15 is 0 Å². The number of nitrogens with zero attached hydrogens (tertiary/aromatic N) is 1. The summed E-state index contributed by atoms with van der Waals surface area (Å²) < 4.78 is 0. The zero-order valence-corrected chi connectivity index (χ0v) is 9.54. The predicted molar refractivity (Wildman–Crippen MR) is 57.9 cm³/mol. The van der Waals surface area contributed by atoms with Gasteiger partial charge in [0.1, 0.15) is 6.54 Å².